The summed E-state index contributed by atoms with van der Waals surface area (Å²) in [6, 6.07) is 8.22. The molecule has 0 radical (unpaired) electrons. The highest BCUT2D eigenvalue weighted by Gasteiger charge is 2.67. The summed E-state index contributed by atoms with van der Waals surface area (Å²) in [6.07, 6.45) is 6.08. The third-order valence-electron chi connectivity index (χ3n) is 5.83. The van der Waals surface area contributed by atoms with Crippen molar-refractivity contribution in [3.63, 3.8) is 0 Å². The van der Waals surface area contributed by atoms with Crippen LogP contribution in [-0.4, -0.2) is 11.8 Å². The predicted molar refractivity (Wildman–Crippen MR) is 85.4 cm³/mol. The second-order valence-corrected chi connectivity index (χ2v) is 7.37. The van der Waals surface area contributed by atoms with Crippen molar-refractivity contribution in [2.75, 3.05) is 11.2 Å². The van der Waals surface area contributed by atoms with Crippen molar-refractivity contribution < 1.29 is 4.79 Å². The van der Waals surface area contributed by atoms with Crippen LogP contribution >= 0.6 is 11.6 Å². The summed E-state index contributed by atoms with van der Waals surface area (Å²) in [5.74, 6) is 4.38. The molecule has 1 amide bonds. The summed E-state index contributed by atoms with van der Waals surface area (Å²) in [5, 5.41) is 3.15. The second kappa shape index (κ2) is 5.31. The average Bonchev–Trinajstić information content (AvgIpc) is 2.94. The second-order valence-electron chi connectivity index (χ2n) is 7.00. The van der Waals surface area contributed by atoms with Crippen LogP contribution in [0.25, 0.3) is 0 Å². The van der Waals surface area contributed by atoms with E-state index in [1.54, 1.807) is 0 Å². The molecular weight excluding hydrogens is 282 g/mol. The number of rotatable bonds is 5. The number of hydrogen-bond acceptors (Lipinski definition) is 1. The van der Waals surface area contributed by atoms with E-state index in [0.29, 0.717) is 23.6 Å². The van der Waals surface area contributed by atoms with E-state index in [9.17, 15) is 4.79 Å². The van der Waals surface area contributed by atoms with Crippen LogP contribution in [-0.2, 0) is 11.2 Å². The molecule has 1 aromatic carbocycles. The number of halogens is 1. The smallest absolute Gasteiger partial charge is 0.228 e. The molecule has 0 aromatic heterocycles. The Bertz CT molecular complexity index is 542. The zero-order valence-corrected chi connectivity index (χ0v) is 13.0. The molecule has 4 atom stereocenters. The van der Waals surface area contributed by atoms with Gasteiger partial charge in [0.05, 0.1) is 0 Å². The summed E-state index contributed by atoms with van der Waals surface area (Å²) in [7, 11) is 0. The summed E-state index contributed by atoms with van der Waals surface area (Å²) >= 11 is 5.74. The molecule has 2 bridgehead atoms. The van der Waals surface area contributed by atoms with E-state index in [2.05, 4.69) is 17.4 Å². The number of hydrogen-bond donors (Lipinski definition) is 1. The van der Waals surface area contributed by atoms with Gasteiger partial charge in [-0.2, -0.15) is 0 Å². The first-order valence-electron chi connectivity index (χ1n) is 8.23. The van der Waals surface area contributed by atoms with Gasteiger partial charge in [0.25, 0.3) is 0 Å². The van der Waals surface area contributed by atoms with E-state index in [1.807, 2.05) is 12.1 Å². The molecule has 0 spiro atoms. The Morgan fingerprint density at radius 2 is 2.00 bits per heavy atom. The molecule has 21 heavy (non-hydrogen) atoms. The van der Waals surface area contributed by atoms with E-state index in [0.717, 1.165) is 30.4 Å². The third-order valence-corrected chi connectivity index (χ3v) is 6.10. The first kappa shape index (κ1) is 13.6. The van der Waals surface area contributed by atoms with Crippen LogP contribution in [0.2, 0.25) is 0 Å². The van der Waals surface area contributed by atoms with Gasteiger partial charge in [-0.3, -0.25) is 4.79 Å². The van der Waals surface area contributed by atoms with Crippen LogP contribution in [0.15, 0.2) is 24.3 Å². The standard InChI is InChI=1S/C18H22ClNO/c19-8-2-4-11-3-1-5-14(9-11)20-18(21)17-15-12-6-7-13(10-12)16(15)17/h1,3,5,9,12-13,15-17H,2,4,6-8,10H2,(H,20,21). The molecule has 4 unspecified atom stereocenters. The first-order chi connectivity index (χ1) is 10.3. The van der Waals surface area contributed by atoms with Crippen LogP contribution < -0.4 is 5.32 Å². The monoisotopic (exact) mass is 303 g/mol. The molecule has 3 heteroatoms. The Balaban J connectivity index is 1.39. The Kier molecular flexibility index (Phi) is 3.45. The molecule has 1 N–H and O–H groups in total. The van der Waals surface area contributed by atoms with E-state index in [-0.39, 0.29) is 5.91 Å². The van der Waals surface area contributed by atoms with E-state index in [1.165, 1.54) is 24.8 Å². The number of nitrogens with one attached hydrogen (secondary N) is 1. The highest BCUT2D eigenvalue weighted by atomic mass is 35.5. The molecule has 3 aliphatic rings. The van der Waals surface area contributed by atoms with Crippen molar-refractivity contribution in [3.8, 4) is 0 Å². The number of carbonyl (C=O) groups excluding carboxylic acids is 1. The number of anilines is 1. The number of fused-ring (bicyclic) bond motifs is 5. The molecule has 0 saturated heterocycles. The van der Waals surface area contributed by atoms with Gasteiger partial charge >= 0.3 is 0 Å². The lowest BCUT2D eigenvalue weighted by Crippen LogP contribution is -2.18. The molecule has 0 aliphatic heterocycles. The largest absolute Gasteiger partial charge is 0.326 e. The molecule has 2 nitrogen and oxygen atoms in total. The zero-order valence-electron chi connectivity index (χ0n) is 12.2. The fourth-order valence-electron chi connectivity index (χ4n) is 4.98. The third kappa shape index (κ3) is 2.38. The number of amides is 1. The number of alkyl halides is 1. The maximum Gasteiger partial charge on any atom is 0.228 e. The van der Waals surface area contributed by atoms with E-state index < -0.39 is 0 Å². The molecule has 112 valence electrons. The van der Waals surface area contributed by atoms with Gasteiger partial charge in [-0.05, 0) is 73.5 Å². The van der Waals surface area contributed by atoms with Crippen molar-refractivity contribution in [2.45, 2.75) is 32.1 Å². The lowest BCUT2D eigenvalue weighted by atomic mass is 10.0. The lowest BCUT2D eigenvalue weighted by molar-refractivity contribution is -0.118. The van der Waals surface area contributed by atoms with Crippen molar-refractivity contribution >= 4 is 23.2 Å². The van der Waals surface area contributed by atoms with Gasteiger partial charge in [0.2, 0.25) is 5.91 Å². The van der Waals surface area contributed by atoms with Crippen LogP contribution in [0.1, 0.15) is 31.2 Å². The topological polar surface area (TPSA) is 29.1 Å². The Labute approximate surface area is 131 Å². The number of carbonyl (C=O) groups is 1. The average molecular weight is 304 g/mol. The van der Waals surface area contributed by atoms with Gasteiger partial charge in [0.15, 0.2) is 0 Å². The Morgan fingerprint density at radius 3 is 2.71 bits per heavy atom. The van der Waals surface area contributed by atoms with Gasteiger partial charge < -0.3 is 5.32 Å². The Hall–Kier alpha value is -1.02. The zero-order chi connectivity index (χ0) is 14.4. The summed E-state index contributed by atoms with van der Waals surface area (Å²) in [5.41, 5.74) is 2.20. The lowest BCUT2D eigenvalue weighted by Gasteiger charge is -2.10. The van der Waals surface area contributed by atoms with Crippen LogP contribution in [0.3, 0.4) is 0 Å². The van der Waals surface area contributed by atoms with Crippen LogP contribution in [0.5, 0.6) is 0 Å². The highest BCUT2D eigenvalue weighted by Crippen LogP contribution is 2.69. The Morgan fingerprint density at radius 1 is 1.24 bits per heavy atom. The molecule has 3 fully saturated rings. The number of aryl methyl sites for hydroxylation is 1. The quantitative estimate of drug-likeness (QED) is 0.816. The van der Waals surface area contributed by atoms with Crippen LogP contribution in [0, 0.1) is 29.6 Å². The minimum absolute atomic E-state index is 0.260. The van der Waals surface area contributed by atoms with Crippen molar-refractivity contribution in [2.24, 2.45) is 29.6 Å². The maximum atomic E-state index is 12.5. The van der Waals surface area contributed by atoms with Crippen molar-refractivity contribution in [1.82, 2.24) is 0 Å². The van der Waals surface area contributed by atoms with Gasteiger partial charge in [-0.15, -0.1) is 11.6 Å². The molecule has 0 heterocycles. The molecule has 1 aromatic rings. The normalized spacial score (nSPS) is 35.6. The highest BCUT2D eigenvalue weighted by molar-refractivity contribution is 6.17. The van der Waals surface area contributed by atoms with Gasteiger partial charge in [-0.1, -0.05) is 12.1 Å². The fourth-order valence-corrected chi connectivity index (χ4v) is 5.11. The van der Waals surface area contributed by atoms with Gasteiger partial charge in [-0.25, -0.2) is 0 Å². The summed E-state index contributed by atoms with van der Waals surface area (Å²) < 4.78 is 0. The first-order valence-corrected chi connectivity index (χ1v) is 8.77. The fraction of sp³-hybridized carbons (Fsp3) is 0.611. The minimum Gasteiger partial charge on any atom is -0.326 e. The SMILES string of the molecule is O=C(Nc1cccc(CCCCl)c1)C1C2C3CCC(C3)C12. The summed E-state index contributed by atoms with van der Waals surface area (Å²) in [4.78, 5) is 12.5. The molecular formula is C18H22ClNO. The molecule has 3 saturated carbocycles. The molecule has 3 aliphatic carbocycles. The summed E-state index contributed by atoms with van der Waals surface area (Å²) in [6.45, 7) is 0. The van der Waals surface area contributed by atoms with Gasteiger partial charge in [0, 0.05) is 17.5 Å². The van der Waals surface area contributed by atoms with Crippen LogP contribution in [0.4, 0.5) is 5.69 Å². The van der Waals surface area contributed by atoms with E-state index >= 15 is 0 Å². The van der Waals surface area contributed by atoms with Crippen molar-refractivity contribution in [3.05, 3.63) is 29.8 Å². The van der Waals surface area contributed by atoms with Crippen molar-refractivity contribution in [1.29, 1.82) is 0 Å². The molecule has 4 rings (SSSR count). The van der Waals surface area contributed by atoms with Gasteiger partial charge in [0.1, 0.15) is 0 Å². The predicted octanol–water partition coefficient (Wildman–Crippen LogP) is 4.09. The van der Waals surface area contributed by atoms with E-state index in [4.69, 9.17) is 11.6 Å². The minimum atomic E-state index is 0.260. The maximum absolute atomic E-state index is 12.5. The number of benzene rings is 1.